The Hall–Kier alpha value is -3.20. The zero-order valence-corrected chi connectivity index (χ0v) is 14.7. The van der Waals surface area contributed by atoms with Crippen LogP contribution in [0, 0.1) is 17.0 Å². The molecule has 2 heterocycles. The van der Waals surface area contributed by atoms with E-state index in [0.29, 0.717) is 21.9 Å². The van der Waals surface area contributed by atoms with Crippen LogP contribution in [0.25, 0.3) is 10.2 Å². The van der Waals surface area contributed by atoms with Crippen LogP contribution in [-0.2, 0) is 7.05 Å². The van der Waals surface area contributed by atoms with Crippen molar-refractivity contribution in [2.24, 2.45) is 12.0 Å². The first-order valence-electron chi connectivity index (χ1n) is 7.68. The zero-order chi connectivity index (χ0) is 18.4. The first-order valence-corrected chi connectivity index (χ1v) is 8.49. The van der Waals surface area contributed by atoms with Crippen LogP contribution in [0.5, 0.6) is 11.5 Å². The predicted molar refractivity (Wildman–Crippen MR) is 94.6 cm³/mol. The van der Waals surface area contributed by atoms with Crippen LogP contribution in [0.4, 0.5) is 5.69 Å². The fourth-order valence-corrected chi connectivity index (χ4v) is 3.85. The number of nitro groups is 1. The number of carbonyl (C=O) groups excluding carboxylic acids is 1. The third kappa shape index (κ3) is 2.53. The molecule has 0 bridgehead atoms. The Kier molecular flexibility index (Phi) is 3.73. The van der Waals surface area contributed by atoms with Gasteiger partial charge in [0.1, 0.15) is 0 Å². The summed E-state index contributed by atoms with van der Waals surface area (Å²) in [7, 11) is 1.80. The SMILES string of the molecule is Cc1c(C(=O)N=c2sc3cc4c(cc3n2C)OCO4)cccc1[N+](=O)[O-]. The third-order valence-corrected chi connectivity index (χ3v) is 5.33. The van der Waals surface area contributed by atoms with E-state index in [1.807, 2.05) is 12.1 Å². The summed E-state index contributed by atoms with van der Waals surface area (Å²) in [6.07, 6.45) is 0. The molecule has 0 atom stereocenters. The van der Waals surface area contributed by atoms with Gasteiger partial charge in [0, 0.05) is 30.8 Å². The molecular formula is C17H13N3O5S. The van der Waals surface area contributed by atoms with E-state index < -0.39 is 10.8 Å². The first kappa shape index (κ1) is 16.3. The molecule has 0 unspecified atom stereocenters. The molecule has 0 fully saturated rings. The maximum absolute atomic E-state index is 12.6. The van der Waals surface area contributed by atoms with Gasteiger partial charge in [-0.1, -0.05) is 17.4 Å². The Balaban J connectivity index is 1.82. The molecule has 9 heteroatoms. The Morgan fingerprint density at radius 2 is 2.04 bits per heavy atom. The lowest BCUT2D eigenvalue weighted by atomic mass is 10.1. The number of ether oxygens (including phenoxy) is 2. The molecule has 1 aliphatic rings. The average Bonchev–Trinajstić information content (AvgIpc) is 3.17. The summed E-state index contributed by atoms with van der Waals surface area (Å²) in [4.78, 5) is 27.8. The molecular weight excluding hydrogens is 358 g/mol. The van der Waals surface area contributed by atoms with Gasteiger partial charge in [0.25, 0.3) is 11.6 Å². The Labute approximate surface area is 151 Å². The van der Waals surface area contributed by atoms with E-state index in [-0.39, 0.29) is 18.0 Å². The molecule has 3 aromatic rings. The third-order valence-electron chi connectivity index (χ3n) is 4.23. The van der Waals surface area contributed by atoms with Crippen LogP contribution in [0.3, 0.4) is 0 Å². The number of fused-ring (bicyclic) bond motifs is 2. The summed E-state index contributed by atoms with van der Waals surface area (Å²) in [5.41, 5.74) is 1.28. The molecule has 0 saturated carbocycles. The topological polar surface area (TPSA) is 96.0 Å². The van der Waals surface area contributed by atoms with Crippen LogP contribution < -0.4 is 14.3 Å². The molecule has 1 aromatic heterocycles. The van der Waals surface area contributed by atoms with E-state index in [0.717, 1.165) is 10.2 Å². The minimum absolute atomic E-state index is 0.0995. The molecule has 2 aromatic carbocycles. The fraction of sp³-hybridized carbons (Fsp3) is 0.176. The average molecular weight is 371 g/mol. The van der Waals surface area contributed by atoms with Gasteiger partial charge >= 0.3 is 0 Å². The van der Waals surface area contributed by atoms with Crippen LogP contribution in [0.2, 0.25) is 0 Å². The van der Waals surface area contributed by atoms with E-state index in [1.165, 1.54) is 29.5 Å². The minimum atomic E-state index is -0.520. The number of nitrogens with zero attached hydrogens (tertiary/aromatic N) is 3. The van der Waals surface area contributed by atoms with Gasteiger partial charge in [-0.05, 0) is 13.0 Å². The first-order chi connectivity index (χ1) is 12.5. The van der Waals surface area contributed by atoms with Crippen molar-refractivity contribution in [3.05, 3.63) is 56.4 Å². The van der Waals surface area contributed by atoms with Gasteiger partial charge in [-0.2, -0.15) is 4.99 Å². The standard InChI is InChI=1S/C17H13N3O5S/c1-9-10(4-3-5-11(9)20(22)23)16(21)18-17-19(2)12-6-13-14(25-8-24-13)7-15(12)26-17/h3-7H,8H2,1-2H3. The van der Waals surface area contributed by atoms with Crippen LogP contribution in [0.1, 0.15) is 15.9 Å². The van der Waals surface area contributed by atoms with Crippen molar-refractivity contribution in [1.29, 1.82) is 0 Å². The van der Waals surface area contributed by atoms with Gasteiger partial charge in [0.05, 0.1) is 20.7 Å². The second kappa shape index (κ2) is 5.95. The lowest BCUT2D eigenvalue weighted by molar-refractivity contribution is -0.385. The summed E-state index contributed by atoms with van der Waals surface area (Å²) in [5, 5.41) is 11.1. The number of benzene rings is 2. The second-order valence-electron chi connectivity index (χ2n) is 5.74. The van der Waals surface area contributed by atoms with Gasteiger partial charge in [0.2, 0.25) is 6.79 Å². The van der Waals surface area contributed by atoms with Crippen molar-refractivity contribution in [1.82, 2.24) is 4.57 Å². The molecule has 0 spiro atoms. The highest BCUT2D eigenvalue weighted by Gasteiger charge is 2.19. The predicted octanol–water partition coefficient (Wildman–Crippen LogP) is 2.93. The Morgan fingerprint density at radius 1 is 1.31 bits per heavy atom. The Bertz CT molecular complexity index is 1150. The lowest BCUT2D eigenvalue weighted by Crippen LogP contribution is -2.14. The second-order valence-corrected chi connectivity index (χ2v) is 6.75. The van der Waals surface area contributed by atoms with Crippen molar-refractivity contribution < 1.29 is 19.2 Å². The molecule has 0 aliphatic carbocycles. The van der Waals surface area contributed by atoms with Crippen molar-refractivity contribution in [2.45, 2.75) is 6.92 Å². The number of aryl methyl sites for hydroxylation is 1. The zero-order valence-electron chi connectivity index (χ0n) is 13.9. The number of thiazole rings is 1. The summed E-state index contributed by atoms with van der Waals surface area (Å²) >= 11 is 1.34. The number of rotatable bonds is 2. The molecule has 1 aliphatic heterocycles. The number of aromatic nitrogens is 1. The highest BCUT2D eigenvalue weighted by atomic mass is 32.1. The van der Waals surface area contributed by atoms with E-state index in [1.54, 1.807) is 18.5 Å². The number of nitro benzene ring substituents is 1. The van der Waals surface area contributed by atoms with Gasteiger partial charge in [-0.15, -0.1) is 0 Å². The van der Waals surface area contributed by atoms with Gasteiger partial charge in [0.15, 0.2) is 16.3 Å². The maximum atomic E-state index is 12.6. The summed E-state index contributed by atoms with van der Waals surface area (Å²) < 4.78 is 13.4. The normalized spacial score (nSPS) is 13.4. The number of hydrogen-bond acceptors (Lipinski definition) is 6. The van der Waals surface area contributed by atoms with Gasteiger partial charge in [-0.25, -0.2) is 0 Å². The molecule has 1 amide bonds. The summed E-state index contributed by atoms with van der Waals surface area (Å²) in [5.74, 6) is 0.790. The molecule has 4 rings (SSSR count). The smallest absolute Gasteiger partial charge is 0.280 e. The van der Waals surface area contributed by atoms with Gasteiger partial charge in [-0.3, -0.25) is 14.9 Å². The molecule has 26 heavy (non-hydrogen) atoms. The molecule has 8 nitrogen and oxygen atoms in total. The molecule has 0 radical (unpaired) electrons. The van der Waals surface area contributed by atoms with Crippen LogP contribution in [0.15, 0.2) is 35.3 Å². The molecule has 0 saturated heterocycles. The maximum Gasteiger partial charge on any atom is 0.280 e. The Morgan fingerprint density at radius 3 is 2.77 bits per heavy atom. The van der Waals surface area contributed by atoms with E-state index in [9.17, 15) is 14.9 Å². The quantitative estimate of drug-likeness (QED) is 0.510. The minimum Gasteiger partial charge on any atom is -0.454 e. The monoisotopic (exact) mass is 371 g/mol. The van der Waals surface area contributed by atoms with Crippen molar-refractivity contribution in [3.63, 3.8) is 0 Å². The molecule has 132 valence electrons. The number of amides is 1. The van der Waals surface area contributed by atoms with Gasteiger partial charge < -0.3 is 14.0 Å². The highest BCUT2D eigenvalue weighted by Crippen LogP contribution is 2.36. The number of carbonyl (C=O) groups is 1. The summed E-state index contributed by atoms with van der Waals surface area (Å²) in [6.45, 7) is 1.74. The van der Waals surface area contributed by atoms with E-state index in [2.05, 4.69) is 4.99 Å². The highest BCUT2D eigenvalue weighted by molar-refractivity contribution is 7.16. The van der Waals surface area contributed by atoms with Crippen LogP contribution in [-0.4, -0.2) is 22.2 Å². The molecule has 0 N–H and O–H groups in total. The van der Waals surface area contributed by atoms with Crippen molar-refractivity contribution >= 4 is 33.1 Å². The van der Waals surface area contributed by atoms with E-state index >= 15 is 0 Å². The summed E-state index contributed by atoms with van der Waals surface area (Å²) in [6, 6.07) is 8.09. The van der Waals surface area contributed by atoms with Crippen molar-refractivity contribution in [3.8, 4) is 11.5 Å². The number of hydrogen-bond donors (Lipinski definition) is 0. The van der Waals surface area contributed by atoms with Crippen LogP contribution >= 0.6 is 11.3 Å². The fourth-order valence-electron chi connectivity index (χ4n) is 2.82. The largest absolute Gasteiger partial charge is 0.454 e. The lowest BCUT2D eigenvalue weighted by Gasteiger charge is -2.02. The van der Waals surface area contributed by atoms with Crippen molar-refractivity contribution in [2.75, 3.05) is 6.79 Å². The van der Waals surface area contributed by atoms with E-state index in [4.69, 9.17) is 9.47 Å².